The van der Waals surface area contributed by atoms with Gasteiger partial charge in [-0.05, 0) is 49.8 Å². The van der Waals surface area contributed by atoms with E-state index in [0.717, 1.165) is 17.1 Å². The second-order valence-electron chi connectivity index (χ2n) is 4.84. The predicted octanol–water partition coefficient (Wildman–Crippen LogP) is 4.61. The van der Waals surface area contributed by atoms with Gasteiger partial charge in [0.25, 0.3) is 0 Å². The fourth-order valence-corrected chi connectivity index (χ4v) is 1.68. The van der Waals surface area contributed by atoms with Crippen molar-refractivity contribution in [2.45, 2.75) is 20.5 Å². The summed E-state index contributed by atoms with van der Waals surface area (Å²) in [4.78, 5) is 0. The first-order valence-corrected chi connectivity index (χ1v) is 6.77. The number of hydrogen-bond acceptors (Lipinski definition) is 2. The Morgan fingerprint density at radius 3 is 2.05 bits per heavy atom. The molecule has 0 radical (unpaired) electrons. The molecule has 0 aromatic heterocycles. The average molecular weight is 268 g/mol. The molecule has 0 amide bonds. The zero-order valence-electron chi connectivity index (χ0n) is 12.0. The molecular weight excluding hydrogens is 248 g/mol. The van der Waals surface area contributed by atoms with Crippen LogP contribution in [0.15, 0.2) is 66.2 Å². The summed E-state index contributed by atoms with van der Waals surface area (Å²) in [6.45, 7) is 5.30. The summed E-state index contributed by atoms with van der Waals surface area (Å²) in [5, 5.41) is 0. The van der Waals surface area contributed by atoms with Crippen molar-refractivity contribution in [2.75, 3.05) is 6.61 Å². The van der Waals surface area contributed by atoms with Gasteiger partial charge in [0.1, 0.15) is 24.7 Å². The molecule has 0 bridgehead atoms. The smallest absolute Gasteiger partial charge is 0.120 e. The predicted molar refractivity (Wildman–Crippen MR) is 82.1 cm³/mol. The third-order valence-corrected chi connectivity index (χ3v) is 2.81. The molecule has 0 aliphatic heterocycles. The van der Waals surface area contributed by atoms with Gasteiger partial charge in [0.15, 0.2) is 0 Å². The van der Waals surface area contributed by atoms with Crippen molar-refractivity contribution in [3.05, 3.63) is 71.8 Å². The van der Waals surface area contributed by atoms with Crippen LogP contribution in [-0.4, -0.2) is 6.61 Å². The van der Waals surface area contributed by atoms with Crippen LogP contribution in [0.1, 0.15) is 19.4 Å². The fraction of sp³-hybridized carbons (Fsp3) is 0.222. The van der Waals surface area contributed by atoms with Gasteiger partial charge in [-0.25, -0.2) is 0 Å². The maximum Gasteiger partial charge on any atom is 0.120 e. The van der Waals surface area contributed by atoms with Crippen LogP contribution in [-0.2, 0) is 6.61 Å². The highest BCUT2D eigenvalue weighted by atomic mass is 16.5. The van der Waals surface area contributed by atoms with E-state index in [0.29, 0.717) is 13.2 Å². The summed E-state index contributed by atoms with van der Waals surface area (Å²) in [6, 6.07) is 17.9. The van der Waals surface area contributed by atoms with Crippen LogP contribution in [0.2, 0.25) is 0 Å². The van der Waals surface area contributed by atoms with Gasteiger partial charge >= 0.3 is 0 Å². The molecule has 2 nitrogen and oxygen atoms in total. The normalized spacial score (nSPS) is 9.90. The highest BCUT2D eigenvalue weighted by Crippen LogP contribution is 2.18. The zero-order chi connectivity index (χ0) is 14.2. The molecular formula is C18H20O2. The monoisotopic (exact) mass is 268 g/mol. The Morgan fingerprint density at radius 2 is 1.45 bits per heavy atom. The minimum absolute atomic E-state index is 0.582. The maximum absolute atomic E-state index is 5.72. The van der Waals surface area contributed by atoms with Crippen molar-refractivity contribution in [1.82, 2.24) is 0 Å². The lowest BCUT2D eigenvalue weighted by Gasteiger charge is -2.08. The van der Waals surface area contributed by atoms with Crippen LogP contribution in [0, 0.1) is 0 Å². The van der Waals surface area contributed by atoms with Gasteiger partial charge in [-0.15, -0.1) is 0 Å². The first-order chi connectivity index (χ1) is 9.74. The van der Waals surface area contributed by atoms with Crippen molar-refractivity contribution >= 4 is 0 Å². The summed E-state index contributed by atoms with van der Waals surface area (Å²) in [5.41, 5.74) is 2.42. The van der Waals surface area contributed by atoms with Gasteiger partial charge in [-0.2, -0.15) is 0 Å². The summed E-state index contributed by atoms with van der Waals surface area (Å²) in [5.74, 6) is 1.71. The summed E-state index contributed by atoms with van der Waals surface area (Å²) >= 11 is 0. The molecule has 0 N–H and O–H groups in total. The topological polar surface area (TPSA) is 18.5 Å². The summed E-state index contributed by atoms with van der Waals surface area (Å²) < 4.78 is 11.3. The van der Waals surface area contributed by atoms with E-state index in [-0.39, 0.29) is 0 Å². The van der Waals surface area contributed by atoms with Crippen molar-refractivity contribution in [3.63, 3.8) is 0 Å². The zero-order valence-corrected chi connectivity index (χ0v) is 12.0. The minimum Gasteiger partial charge on any atom is -0.490 e. The SMILES string of the molecule is CC(C)=CCOc1ccc(OCc2ccccc2)cc1. The van der Waals surface area contributed by atoms with Crippen LogP contribution in [0.3, 0.4) is 0 Å². The van der Waals surface area contributed by atoms with Gasteiger partial charge in [-0.3, -0.25) is 0 Å². The number of rotatable bonds is 6. The molecule has 104 valence electrons. The first-order valence-electron chi connectivity index (χ1n) is 6.77. The molecule has 0 fully saturated rings. The molecule has 0 heterocycles. The van der Waals surface area contributed by atoms with Crippen molar-refractivity contribution in [3.8, 4) is 11.5 Å². The Bertz CT molecular complexity index is 537. The molecule has 20 heavy (non-hydrogen) atoms. The Labute approximate surface area is 120 Å². The van der Waals surface area contributed by atoms with Gasteiger partial charge in [0, 0.05) is 0 Å². The molecule has 0 saturated heterocycles. The van der Waals surface area contributed by atoms with E-state index in [9.17, 15) is 0 Å². The minimum atomic E-state index is 0.582. The number of allylic oxidation sites excluding steroid dienone is 1. The van der Waals surface area contributed by atoms with Gasteiger partial charge < -0.3 is 9.47 Å². The van der Waals surface area contributed by atoms with Gasteiger partial charge in [-0.1, -0.05) is 35.9 Å². The third-order valence-electron chi connectivity index (χ3n) is 2.81. The molecule has 0 spiro atoms. The van der Waals surface area contributed by atoms with E-state index >= 15 is 0 Å². The lowest BCUT2D eigenvalue weighted by Crippen LogP contribution is -1.96. The number of ether oxygens (including phenoxy) is 2. The molecule has 2 aromatic carbocycles. The Hall–Kier alpha value is -2.22. The number of hydrogen-bond donors (Lipinski definition) is 0. The van der Waals surface area contributed by atoms with E-state index in [2.05, 4.69) is 32.1 Å². The Morgan fingerprint density at radius 1 is 0.850 bits per heavy atom. The molecule has 0 unspecified atom stereocenters. The molecule has 0 aliphatic rings. The van der Waals surface area contributed by atoms with Crippen LogP contribution in [0.4, 0.5) is 0 Å². The van der Waals surface area contributed by atoms with Gasteiger partial charge in [0.2, 0.25) is 0 Å². The first kappa shape index (κ1) is 14.2. The largest absolute Gasteiger partial charge is 0.490 e. The molecule has 2 aromatic rings. The lowest BCUT2D eigenvalue weighted by molar-refractivity contribution is 0.305. The van der Waals surface area contributed by atoms with E-state index in [1.54, 1.807) is 0 Å². The van der Waals surface area contributed by atoms with Gasteiger partial charge in [0.05, 0.1) is 0 Å². The van der Waals surface area contributed by atoms with Crippen LogP contribution in [0.5, 0.6) is 11.5 Å². The van der Waals surface area contributed by atoms with E-state index in [4.69, 9.17) is 9.47 Å². The second-order valence-corrected chi connectivity index (χ2v) is 4.84. The maximum atomic E-state index is 5.72. The van der Waals surface area contributed by atoms with Crippen LogP contribution >= 0.6 is 0 Å². The van der Waals surface area contributed by atoms with Crippen LogP contribution < -0.4 is 9.47 Å². The number of benzene rings is 2. The van der Waals surface area contributed by atoms with E-state index in [1.165, 1.54) is 5.57 Å². The van der Waals surface area contributed by atoms with Crippen molar-refractivity contribution in [1.29, 1.82) is 0 Å². The van der Waals surface area contributed by atoms with Crippen molar-refractivity contribution < 1.29 is 9.47 Å². The summed E-state index contributed by atoms with van der Waals surface area (Å²) in [6.07, 6.45) is 2.06. The highest BCUT2D eigenvalue weighted by Gasteiger charge is 1.97. The lowest BCUT2D eigenvalue weighted by atomic mass is 10.2. The third kappa shape index (κ3) is 4.81. The molecule has 2 rings (SSSR count). The molecule has 0 aliphatic carbocycles. The van der Waals surface area contributed by atoms with Crippen molar-refractivity contribution in [2.24, 2.45) is 0 Å². The fourth-order valence-electron chi connectivity index (χ4n) is 1.68. The Kier molecular flexibility index (Phi) is 5.24. The van der Waals surface area contributed by atoms with E-state index in [1.807, 2.05) is 42.5 Å². The van der Waals surface area contributed by atoms with Crippen LogP contribution in [0.25, 0.3) is 0 Å². The average Bonchev–Trinajstić information content (AvgIpc) is 2.47. The molecule has 0 saturated carbocycles. The summed E-state index contributed by atoms with van der Waals surface area (Å²) in [7, 11) is 0. The highest BCUT2D eigenvalue weighted by molar-refractivity contribution is 5.31. The second kappa shape index (κ2) is 7.39. The quantitative estimate of drug-likeness (QED) is 0.712. The van der Waals surface area contributed by atoms with E-state index < -0.39 is 0 Å². The molecule has 2 heteroatoms. The molecule has 0 atom stereocenters. The standard InChI is InChI=1S/C18H20O2/c1-15(2)12-13-19-17-8-10-18(11-9-17)20-14-16-6-4-3-5-7-16/h3-12H,13-14H2,1-2H3. The Balaban J connectivity index is 1.84.